The van der Waals surface area contributed by atoms with Crippen molar-refractivity contribution in [3.63, 3.8) is 0 Å². The predicted octanol–water partition coefficient (Wildman–Crippen LogP) is 0.798. The summed E-state index contributed by atoms with van der Waals surface area (Å²) in [6.45, 7) is 0.288. The van der Waals surface area contributed by atoms with Gasteiger partial charge in [0.2, 0.25) is 0 Å². The maximum Gasteiger partial charge on any atom is 0.254 e. The minimum absolute atomic E-state index is 0.0473. The molecule has 2 aromatic rings. The summed E-state index contributed by atoms with van der Waals surface area (Å²) in [5.41, 5.74) is 5.70. The van der Waals surface area contributed by atoms with Crippen LogP contribution in [0.3, 0.4) is 0 Å². The third-order valence-electron chi connectivity index (χ3n) is 2.44. The van der Waals surface area contributed by atoms with Crippen LogP contribution in [0.1, 0.15) is 16.2 Å². The first-order valence-corrected chi connectivity index (χ1v) is 5.22. The molecular formula is C11H12FN5O. The molecule has 0 radical (unpaired) electrons. The van der Waals surface area contributed by atoms with E-state index in [1.54, 1.807) is 7.05 Å². The van der Waals surface area contributed by atoms with Crippen molar-refractivity contribution in [3.05, 3.63) is 41.7 Å². The molecule has 0 atom stereocenters. The number of carbonyl (C=O) groups excluding carboxylic acids is 1. The maximum absolute atomic E-state index is 13.0. The van der Waals surface area contributed by atoms with Gasteiger partial charge in [-0.05, 0) is 18.2 Å². The van der Waals surface area contributed by atoms with Crippen LogP contribution in [0.4, 0.5) is 10.1 Å². The summed E-state index contributed by atoms with van der Waals surface area (Å²) in [6, 6.07) is 3.88. The molecule has 0 aliphatic rings. The van der Waals surface area contributed by atoms with Crippen LogP contribution < -0.4 is 5.73 Å². The van der Waals surface area contributed by atoms with Crippen molar-refractivity contribution in [3.8, 4) is 0 Å². The first-order valence-electron chi connectivity index (χ1n) is 5.22. The van der Waals surface area contributed by atoms with E-state index in [9.17, 15) is 9.18 Å². The Morgan fingerprint density at radius 1 is 1.56 bits per heavy atom. The Balaban J connectivity index is 2.12. The number of nitrogens with one attached hydrogen (secondary N) is 1. The number of rotatable bonds is 3. The normalized spacial score (nSPS) is 10.3. The van der Waals surface area contributed by atoms with Crippen LogP contribution in [-0.4, -0.2) is 33.0 Å². The summed E-state index contributed by atoms with van der Waals surface area (Å²) in [5, 5.41) is 6.34. The van der Waals surface area contributed by atoms with Crippen molar-refractivity contribution in [1.29, 1.82) is 0 Å². The summed E-state index contributed by atoms with van der Waals surface area (Å²) in [5.74, 6) is -0.233. The van der Waals surface area contributed by atoms with Crippen molar-refractivity contribution in [2.45, 2.75) is 6.54 Å². The maximum atomic E-state index is 13.0. The lowest BCUT2D eigenvalue weighted by atomic mass is 10.1. The Bertz CT molecular complexity index is 555. The number of hydrogen-bond acceptors (Lipinski definition) is 4. The second-order valence-corrected chi connectivity index (χ2v) is 3.83. The zero-order valence-electron chi connectivity index (χ0n) is 9.72. The molecule has 3 N–H and O–H groups in total. The molecule has 0 fully saturated rings. The molecule has 94 valence electrons. The molecule has 0 bridgehead atoms. The van der Waals surface area contributed by atoms with Gasteiger partial charge in [0, 0.05) is 12.6 Å². The number of nitrogens with zero attached hydrogens (tertiary/aromatic N) is 3. The van der Waals surface area contributed by atoms with Crippen LogP contribution in [-0.2, 0) is 6.54 Å². The number of anilines is 1. The van der Waals surface area contributed by atoms with Gasteiger partial charge in [0.1, 0.15) is 18.0 Å². The fraction of sp³-hybridized carbons (Fsp3) is 0.182. The molecule has 0 unspecified atom stereocenters. The van der Waals surface area contributed by atoms with Crippen LogP contribution in [0.15, 0.2) is 24.5 Å². The molecule has 7 heteroatoms. The number of nitrogens with two attached hydrogens (primary N) is 1. The van der Waals surface area contributed by atoms with E-state index in [1.165, 1.54) is 29.4 Å². The van der Waals surface area contributed by atoms with E-state index < -0.39 is 5.82 Å². The monoisotopic (exact) mass is 249 g/mol. The van der Waals surface area contributed by atoms with E-state index in [0.29, 0.717) is 11.4 Å². The highest BCUT2D eigenvalue weighted by molar-refractivity contribution is 5.94. The smallest absolute Gasteiger partial charge is 0.254 e. The van der Waals surface area contributed by atoms with Crippen LogP contribution in [0.2, 0.25) is 0 Å². The lowest BCUT2D eigenvalue weighted by molar-refractivity contribution is 0.0781. The Labute approximate surface area is 103 Å². The van der Waals surface area contributed by atoms with Crippen LogP contribution in [0, 0.1) is 5.82 Å². The van der Waals surface area contributed by atoms with Crippen molar-refractivity contribution in [2.75, 3.05) is 12.8 Å². The summed E-state index contributed by atoms with van der Waals surface area (Å²) >= 11 is 0. The molecule has 18 heavy (non-hydrogen) atoms. The van der Waals surface area contributed by atoms with E-state index in [-0.39, 0.29) is 18.1 Å². The van der Waals surface area contributed by atoms with Gasteiger partial charge in [-0.3, -0.25) is 9.89 Å². The molecule has 1 heterocycles. The van der Waals surface area contributed by atoms with Crippen molar-refractivity contribution in [2.24, 2.45) is 0 Å². The zero-order chi connectivity index (χ0) is 13.1. The molecule has 0 saturated heterocycles. The largest absolute Gasteiger partial charge is 0.396 e. The number of carbonyl (C=O) groups is 1. The highest BCUT2D eigenvalue weighted by Gasteiger charge is 2.14. The Morgan fingerprint density at radius 3 is 2.94 bits per heavy atom. The average Bonchev–Trinajstić information content (AvgIpc) is 2.84. The van der Waals surface area contributed by atoms with E-state index in [4.69, 9.17) is 5.73 Å². The fourth-order valence-electron chi connectivity index (χ4n) is 1.50. The first-order chi connectivity index (χ1) is 8.58. The van der Waals surface area contributed by atoms with Crippen molar-refractivity contribution >= 4 is 11.6 Å². The van der Waals surface area contributed by atoms with E-state index in [1.807, 2.05) is 0 Å². The standard InChI is InChI=1S/C11H12FN5O/c1-17(5-10-14-6-15-16-10)11(18)7-2-3-8(12)9(13)4-7/h2-4,6H,5,13H2,1H3,(H,14,15,16). The minimum atomic E-state index is -0.538. The predicted molar refractivity (Wildman–Crippen MR) is 63.0 cm³/mol. The number of hydrogen-bond donors (Lipinski definition) is 2. The SMILES string of the molecule is CN(Cc1ncn[nH]1)C(=O)c1ccc(F)c(N)c1. The second-order valence-electron chi connectivity index (χ2n) is 3.83. The van der Waals surface area contributed by atoms with Crippen LogP contribution in [0.5, 0.6) is 0 Å². The van der Waals surface area contributed by atoms with Gasteiger partial charge in [-0.15, -0.1) is 0 Å². The Hall–Kier alpha value is -2.44. The molecule has 0 saturated carbocycles. The lowest BCUT2D eigenvalue weighted by Crippen LogP contribution is -2.26. The molecule has 2 rings (SSSR count). The van der Waals surface area contributed by atoms with Gasteiger partial charge in [0.05, 0.1) is 12.2 Å². The molecular weight excluding hydrogens is 237 g/mol. The van der Waals surface area contributed by atoms with Crippen LogP contribution >= 0.6 is 0 Å². The summed E-state index contributed by atoms with van der Waals surface area (Å²) < 4.78 is 13.0. The van der Waals surface area contributed by atoms with Gasteiger partial charge in [0.25, 0.3) is 5.91 Å². The summed E-state index contributed by atoms with van der Waals surface area (Å²) in [7, 11) is 1.62. The number of aromatic amines is 1. The molecule has 0 aliphatic heterocycles. The number of nitrogen functional groups attached to an aromatic ring is 1. The second kappa shape index (κ2) is 4.82. The number of aromatic nitrogens is 3. The Morgan fingerprint density at radius 2 is 2.33 bits per heavy atom. The number of halogens is 1. The topological polar surface area (TPSA) is 87.9 Å². The van der Waals surface area contributed by atoms with E-state index in [0.717, 1.165) is 0 Å². The molecule has 6 nitrogen and oxygen atoms in total. The number of amides is 1. The van der Waals surface area contributed by atoms with Gasteiger partial charge < -0.3 is 10.6 Å². The van der Waals surface area contributed by atoms with Gasteiger partial charge in [-0.1, -0.05) is 0 Å². The summed E-state index contributed by atoms with van der Waals surface area (Å²) in [4.78, 5) is 17.4. The average molecular weight is 249 g/mol. The third kappa shape index (κ3) is 2.45. The first kappa shape index (κ1) is 12.0. The highest BCUT2D eigenvalue weighted by Crippen LogP contribution is 2.14. The molecule has 0 aliphatic carbocycles. The van der Waals surface area contributed by atoms with Gasteiger partial charge in [-0.25, -0.2) is 9.37 Å². The zero-order valence-corrected chi connectivity index (χ0v) is 9.72. The minimum Gasteiger partial charge on any atom is -0.396 e. The number of benzene rings is 1. The van der Waals surface area contributed by atoms with Gasteiger partial charge >= 0.3 is 0 Å². The van der Waals surface area contributed by atoms with Gasteiger partial charge in [-0.2, -0.15) is 5.10 Å². The molecule has 0 spiro atoms. The van der Waals surface area contributed by atoms with Crippen molar-refractivity contribution < 1.29 is 9.18 Å². The fourth-order valence-corrected chi connectivity index (χ4v) is 1.50. The lowest BCUT2D eigenvalue weighted by Gasteiger charge is -2.15. The summed E-state index contributed by atoms with van der Waals surface area (Å²) in [6.07, 6.45) is 1.36. The molecule has 1 amide bonds. The van der Waals surface area contributed by atoms with E-state index in [2.05, 4.69) is 15.2 Å². The van der Waals surface area contributed by atoms with Crippen molar-refractivity contribution in [1.82, 2.24) is 20.1 Å². The number of H-pyrrole nitrogens is 1. The Kier molecular flexibility index (Phi) is 3.22. The van der Waals surface area contributed by atoms with Crippen LogP contribution in [0.25, 0.3) is 0 Å². The van der Waals surface area contributed by atoms with E-state index >= 15 is 0 Å². The highest BCUT2D eigenvalue weighted by atomic mass is 19.1. The quantitative estimate of drug-likeness (QED) is 0.787. The van der Waals surface area contributed by atoms with Gasteiger partial charge in [0.15, 0.2) is 0 Å². The molecule has 1 aromatic carbocycles. The molecule has 1 aromatic heterocycles. The third-order valence-corrected chi connectivity index (χ3v) is 2.44.